The van der Waals surface area contributed by atoms with E-state index in [1.165, 1.54) is 17.8 Å². The molecule has 0 amide bonds. The number of benzene rings is 1. The number of hydrogen-bond donors (Lipinski definition) is 2. The first-order valence-electron chi connectivity index (χ1n) is 3.90. The minimum Gasteiger partial charge on any atom is -0.387 e. The minimum atomic E-state index is -0.773. The zero-order valence-electron chi connectivity index (χ0n) is 7.33. The molecule has 13 heavy (non-hydrogen) atoms. The Kier molecular flexibility index (Phi) is 3.71. The van der Waals surface area contributed by atoms with Crippen LogP contribution >= 0.6 is 11.8 Å². The quantitative estimate of drug-likeness (QED) is 0.729. The number of hydrogen-bond acceptors (Lipinski definition) is 3. The number of rotatable bonds is 3. The van der Waals surface area contributed by atoms with E-state index in [4.69, 9.17) is 5.73 Å². The summed E-state index contributed by atoms with van der Waals surface area (Å²) in [6.45, 7) is 0.109. The van der Waals surface area contributed by atoms with Crippen molar-refractivity contribution in [3.8, 4) is 0 Å². The Morgan fingerprint density at radius 1 is 1.62 bits per heavy atom. The second-order valence-electron chi connectivity index (χ2n) is 2.65. The first-order valence-corrected chi connectivity index (χ1v) is 5.13. The molecule has 0 aliphatic carbocycles. The van der Waals surface area contributed by atoms with Crippen LogP contribution in [0.1, 0.15) is 11.7 Å². The van der Waals surface area contributed by atoms with Gasteiger partial charge in [0.2, 0.25) is 0 Å². The molecule has 1 aromatic rings. The fourth-order valence-corrected chi connectivity index (χ4v) is 1.48. The smallest absolute Gasteiger partial charge is 0.137 e. The van der Waals surface area contributed by atoms with Gasteiger partial charge in [0.15, 0.2) is 0 Å². The van der Waals surface area contributed by atoms with Crippen LogP contribution < -0.4 is 5.73 Å². The van der Waals surface area contributed by atoms with Crippen molar-refractivity contribution < 1.29 is 9.50 Å². The molecule has 1 unspecified atom stereocenters. The molecular weight excluding hydrogens is 189 g/mol. The second-order valence-corrected chi connectivity index (χ2v) is 3.49. The largest absolute Gasteiger partial charge is 0.387 e. The van der Waals surface area contributed by atoms with Gasteiger partial charge < -0.3 is 10.8 Å². The van der Waals surface area contributed by atoms with Crippen LogP contribution in [-0.2, 0) is 0 Å². The van der Waals surface area contributed by atoms with Gasteiger partial charge in [0, 0.05) is 11.4 Å². The molecule has 4 heteroatoms. The third-order valence-corrected chi connectivity index (χ3v) is 2.55. The monoisotopic (exact) mass is 201 g/mol. The van der Waals surface area contributed by atoms with Crippen molar-refractivity contribution in [3.05, 3.63) is 29.6 Å². The number of aliphatic hydroxyl groups excluding tert-OH is 1. The molecule has 0 saturated heterocycles. The lowest BCUT2D eigenvalue weighted by atomic mass is 10.1. The molecule has 0 fully saturated rings. The number of thioether (sulfide) groups is 1. The first-order chi connectivity index (χ1) is 6.19. The fourth-order valence-electron chi connectivity index (χ4n) is 1.03. The van der Waals surface area contributed by atoms with E-state index in [2.05, 4.69) is 0 Å². The summed E-state index contributed by atoms with van der Waals surface area (Å²) in [5.41, 5.74) is 5.77. The lowest BCUT2D eigenvalue weighted by Crippen LogP contribution is -2.11. The first kappa shape index (κ1) is 10.5. The molecule has 0 aliphatic rings. The van der Waals surface area contributed by atoms with Crippen LogP contribution in [0.2, 0.25) is 0 Å². The summed E-state index contributed by atoms with van der Waals surface area (Å²) < 4.78 is 13.2. The molecule has 0 heterocycles. The van der Waals surface area contributed by atoms with E-state index in [0.29, 0.717) is 10.5 Å². The molecule has 0 aliphatic heterocycles. The standard InChI is InChI=1S/C9H12FNOS/c1-13-9-3-2-6(4-7(9)10)8(12)5-11/h2-4,8,12H,5,11H2,1H3. The summed E-state index contributed by atoms with van der Waals surface area (Å²) in [5.74, 6) is -0.308. The van der Waals surface area contributed by atoms with Crippen LogP contribution in [0.3, 0.4) is 0 Å². The Bertz CT molecular complexity index is 293. The van der Waals surface area contributed by atoms with Gasteiger partial charge in [-0.2, -0.15) is 0 Å². The van der Waals surface area contributed by atoms with E-state index in [0.717, 1.165) is 0 Å². The average molecular weight is 201 g/mol. The van der Waals surface area contributed by atoms with E-state index < -0.39 is 6.10 Å². The molecule has 3 N–H and O–H groups in total. The molecule has 72 valence electrons. The molecular formula is C9H12FNOS. The second kappa shape index (κ2) is 4.60. The molecule has 0 aromatic heterocycles. The van der Waals surface area contributed by atoms with Crippen LogP contribution in [0.5, 0.6) is 0 Å². The summed E-state index contributed by atoms with van der Waals surface area (Å²) >= 11 is 1.34. The fraction of sp³-hybridized carbons (Fsp3) is 0.333. The van der Waals surface area contributed by atoms with Gasteiger partial charge in [-0.3, -0.25) is 0 Å². The van der Waals surface area contributed by atoms with Gasteiger partial charge in [-0.25, -0.2) is 4.39 Å². The van der Waals surface area contributed by atoms with Crippen molar-refractivity contribution in [1.82, 2.24) is 0 Å². The highest BCUT2D eigenvalue weighted by Gasteiger charge is 2.08. The maximum absolute atomic E-state index is 13.2. The molecule has 0 radical (unpaired) electrons. The maximum atomic E-state index is 13.2. The van der Waals surface area contributed by atoms with E-state index in [-0.39, 0.29) is 12.4 Å². The van der Waals surface area contributed by atoms with E-state index in [9.17, 15) is 9.50 Å². The van der Waals surface area contributed by atoms with Crippen LogP contribution in [0.25, 0.3) is 0 Å². The maximum Gasteiger partial charge on any atom is 0.137 e. The molecule has 1 rings (SSSR count). The number of halogens is 1. The predicted octanol–water partition coefficient (Wildman–Crippen LogP) is 1.54. The summed E-state index contributed by atoms with van der Waals surface area (Å²) in [4.78, 5) is 0.577. The third-order valence-electron chi connectivity index (χ3n) is 1.78. The zero-order valence-corrected chi connectivity index (χ0v) is 8.14. The van der Waals surface area contributed by atoms with Gasteiger partial charge in [0.1, 0.15) is 5.82 Å². The van der Waals surface area contributed by atoms with Crippen molar-refractivity contribution in [2.75, 3.05) is 12.8 Å². The summed E-state index contributed by atoms with van der Waals surface area (Å²) in [6.07, 6.45) is 1.03. The molecule has 0 saturated carbocycles. The molecule has 1 aromatic carbocycles. The summed E-state index contributed by atoms with van der Waals surface area (Å²) in [5, 5.41) is 9.32. The lowest BCUT2D eigenvalue weighted by molar-refractivity contribution is 0.186. The van der Waals surface area contributed by atoms with E-state index in [1.54, 1.807) is 18.4 Å². The molecule has 0 bridgehead atoms. The highest BCUT2D eigenvalue weighted by molar-refractivity contribution is 7.98. The number of nitrogens with two attached hydrogens (primary N) is 1. The van der Waals surface area contributed by atoms with Crippen LogP contribution in [0.4, 0.5) is 4.39 Å². The Hall–Kier alpha value is -0.580. The van der Waals surface area contributed by atoms with E-state index in [1.807, 2.05) is 0 Å². The zero-order chi connectivity index (χ0) is 9.84. The average Bonchev–Trinajstić information content (AvgIpc) is 2.16. The Morgan fingerprint density at radius 3 is 2.77 bits per heavy atom. The minimum absolute atomic E-state index is 0.109. The van der Waals surface area contributed by atoms with Crippen molar-refractivity contribution in [2.24, 2.45) is 5.73 Å². The highest BCUT2D eigenvalue weighted by Crippen LogP contribution is 2.22. The number of aliphatic hydroxyl groups is 1. The normalized spacial score (nSPS) is 12.9. The highest BCUT2D eigenvalue weighted by atomic mass is 32.2. The summed E-state index contributed by atoms with van der Waals surface area (Å²) in [7, 11) is 0. The molecule has 1 atom stereocenters. The van der Waals surface area contributed by atoms with Crippen LogP contribution in [0.15, 0.2) is 23.1 Å². The topological polar surface area (TPSA) is 46.2 Å². The Morgan fingerprint density at radius 2 is 2.31 bits per heavy atom. The van der Waals surface area contributed by atoms with Gasteiger partial charge in [-0.05, 0) is 24.0 Å². The molecule has 0 spiro atoms. The van der Waals surface area contributed by atoms with Crippen LogP contribution in [-0.4, -0.2) is 17.9 Å². The molecule has 2 nitrogen and oxygen atoms in total. The SMILES string of the molecule is CSc1ccc(C(O)CN)cc1F. The van der Waals surface area contributed by atoms with Crippen molar-refractivity contribution in [3.63, 3.8) is 0 Å². The predicted molar refractivity (Wildman–Crippen MR) is 52.2 cm³/mol. The van der Waals surface area contributed by atoms with E-state index >= 15 is 0 Å². The Labute approximate surface area is 80.9 Å². The van der Waals surface area contributed by atoms with Crippen molar-refractivity contribution >= 4 is 11.8 Å². The van der Waals surface area contributed by atoms with Gasteiger partial charge in [0.05, 0.1) is 6.10 Å². The third kappa shape index (κ3) is 2.43. The van der Waals surface area contributed by atoms with Crippen molar-refractivity contribution in [1.29, 1.82) is 0 Å². The Balaban J connectivity index is 2.95. The van der Waals surface area contributed by atoms with Gasteiger partial charge in [-0.15, -0.1) is 11.8 Å². The van der Waals surface area contributed by atoms with Gasteiger partial charge in [0.25, 0.3) is 0 Å². The lowest BCUT2D eigenvalue weighted by Gasteiger charge is -2.08. The van der Waals surface area contributed by atoms with Crippen molar-refractivity contribution in [2.45, 2.75) is 11.0 Å². The van der Waals surface area contributed by atoms with Crippen LogP contribution in [0, 0.1) is 5.82 Å². The van der Waals surface area contributed by atoms with Gasteiger partial charge in [-0.1, -0.05) is 6.07 Å². The summed E-state index contributed by atoms with van der Waals surface area (Å²) in [6, 6.07) is 4.66. The van der Waals surface area contributed by atoms with Gasteiger partial charge >= 0.3 is 0 Å².